The second-order valence-corrected chi connectivity index (χ2v) is 22.2. The standard InChI is InChI=1S/C28H43BrClN5O4SSi/c1-19(22-15-31-27(30)32-16-22)34-11-10-20-8-9-23(14-21(20)17-34)40(36,37)35(18-38-12-13-41(5,6)7)26-24(29)25(39-33-26)28(2,3)4/h8-9,14-16,19,24-26,33H,10-13,17-18H2,1-7H3/t19-,24?,25?,26?/m1/s1. The summed E-state index contributed by atoms with van der Waals surface area (Å²) in [5, 5.41) is 0.218. The number of nitrogens with zero attached hydrogens (tertiary/aromatic N) is 4. The molecule has 0 aliphatic carbocycles. The van der Waals surface area contributed by atoms with E-state index in [0.717, 1.165) is 35.7 Å². The lowest BCUT2D eigenvalue weighted by Crippen LogP contribution is -2.51. The van der Waals surface area contributed by atoms with E-state index in [1.165, 1.54) is 4.31 Å². The molecule has 2 aliphatic heterocycles. The van der Waals surface area contributed by atoms with Gasteiger partial charge in [0.1, 0.15) is 12.9 Å². The Bertz CT molecular complexity index is 1310. The molecule has 1 fully saturated rings. The normalized spacial score (nSPS) is 23.1. The maximum Gasteiger partial charge on any atom is 0.246 e. The second kappa shape index (κ2) is 13.0. The monoisotopic (exact) mass is 687 g/mol. The maximum atomic E-state index is 14.3. The van der Waals surface area contributed by atoms with Crippen molar-refractivity contribution in [3.05, 3.63) is 52.6 Å². The van der Waals surface area contributed by atoms with Crippen LogP contribution in [0, 0.1) is 5.41 Å². The molecule has 4 atom stereocenters. The molecule has 0 radical (unpaired) electrons. The number of hydroxylamine groups is 1. The van der Waals surface area contributed by atoms with E-state index in [9.17, 15) is 8.42 Å². The highest BCUT2D eigenvalue weighted by atomic mass is 79.9. The Morgan fingerprint density at radius 3 is 2.54 bits per heavy atom. The average Bonchev–Trinajstić information content (AvgIpc) is 3.28. The van der Waals surface area contributed by atoms with Crippen molar-refractivity contribution in [2.45, 2.75) is 94.4 Å². The van der Waals surface area contributed by atoms with E-state index >= 15 is 0 Å². The first-order valence-corrected chi connectivity index (χ1v) is 20.5. The van der Waals surface area contributed by atoms with Gasteiger partial charge in [-0.2, -0.15) is 9.79 Å². The van der Waals surface area contributed by atoms with Gasteiger partial charge in [0.25, 0.3) is 0 Å². The SMILES string of the molecule is C[C@H](c1cnc(Cl)nc1)N1CCc2ccc(S(=O)(=O)N(COCC[Si](C)(C)C)C3NOC(C(C)(C)C)C3Br)cc2C1. The fourth-order valence-corrected chi connectivity index (χ4v) is 8.87. The van der Waals surface area contributed by atoms with Crippen molar-refractivity contribution in [3.63, 3.8) is 0 Å². The fourth-order valence-electron chi connectivity index (χ4n) is 5.07. The lowest BCUT2D eigenvalue weighted by molar-refractivity contribution is -0.0398. The van der Waals surface area contributed by atoms with Gasteiger partial charge in [-0.05, 0) is 59.7 Å². The summed E-state index contributed by atoms with van der Waals surface area (Å²) in [6, 6.07) is 6.48. The van der Waals surface area contributed by atoms with Gasteiger partial charge in [-0.15, -0.1) is 0 Å². The summed E-state index contributed by atoms with van der Waals surface area (Å²) in [4.78, 5) is 16.4. The van der Waals surface area contributed by atoms with Crippen molar-refractivity contribution >= 4 is 45.6 Å². The minimum atomic E-state index is -3.94. The van der Waals surface area contributed by atoms with Gasteiger partial charge >= 0.3 is 0 Å². The molecule has 1 N–H and O–H groups in total. The Morgan fingerprint density at radius 2 is 1.93 bits per heavy atom. The first-order valence-electron chi connectivity index (χ1n) is 14.1. The number of ether oxygens (including phenoxy) is 1. The number of hydrogen-bond acceptors (Lipinski definition) is 8. The topological polar surface area (TPSA) is 96.9 Å². The van der Waals surface area contributed by atoms with Gasteiger partial charge in [0.15, 0.2) is 0 Å². The number of rotatable bonds is 10. The van der Waals surface area contributed by atoms with Gasteiger partial charge in [0.05, 0.1) is 15.8 Å². The molecule has 228 valence electrons. The molecular weight excluding hydrogens is 646 g/mol. The van der Waals surface area contributed by atoms with Crippen molar-refractivity contribution in [2.24, 2.45) is 5.41 Å². The Hall–Kier alpha value is -0.963. The van der Waals surface area contributed by atoms with Crippen LogP contribution >= 0.6 is 27.5 Å². The van der Waals surface area contributed by atoms with Gasteiger partial charge in [-0.1, -0.05) is 62.4 Å². The van der Waals surface area contributed by atoms with Crippen LogP contribution in [0.25, 0.3) is 0 Å². The zero-order valence-electron chi connectivity index (χ0n) is 25.0. The van der Waals surface area contributed by atoms with E-state index in [0.29, 0.717) is 13.2 Å². The van der Waals surface area contributed by atoms with Crippen molar-refractivity contribution in [2.75, 3.05) is 19.9 Å². The van der Waals surface area contributed by atoms with Crippen molar-refractivity contribution in [1.82, 2.24) is 24.7 Å². The zero-order valence-corrected chi connectivity index (χ0v) is 29.2. The zero-order chi connectivity index (χ0) is 30.2. The molecule has 1 saturated heterocycles. The summed E-state index contributed by atoms with van der Waals surface area (Å²) in [5.74, 6) is 0. The fraction of sp³-hybridized carbons (Fsp3) is 0.643. The van der Waals surface area contributed by atoms with Crippen molar-refractivity contribution in [3.8, 4) is 0 Å². The first kappa shape index (κ1) is 32.9. The van der Waals surface area contributed by atoms with Crippen LogP contribution in [0.2, 0.25) is 31.0 Å². The van der Waals surface area contributed by atoms with Crippen LogP contribution in [0.5, 0.6) is 0 Å². The number of halogens is 2. The summed E-state index contributed by atoms with van der Waals surface area (Å²) in [7, 11) is -5.28. The minimum absolute atomic E-state index is 0.0558. The van der Waals surface area contributed by atoms with E-state index in [1.54, 1.807) is 18.5 Å². The summed E-state index contributed by atoms with van der Waals surface area (Å²) in [6.07, 6.45) is 3.45. The number of aromatic nitrogens is 2. The molecule has 41 heavy (non-hydrogen) atoms. The third kappa shape index (κ3) is 7.96. The summed E-state index contributed by atoms with van der Waals surface area (Å²) in [6.45, 7) is 17.1. The number of fused-ring (bicyclic) bond motifs is 1. The highest BCUT2D eigenvalue weighted by Crippen LogP contribution is 2.37. The lowest BCUT2D eigenvalue weighted by Gasteiger charge is -2.34. The predicted octanol–water partition coefficient (Wildman–Crippen LogP) is 5.59. The summed E-state index contributed by atoms with van der Waals surface area (Å²) >= 11 is 9.64. The van der Waals surface area contributed by atoms with Crippen LogP contribution in [-0.4, -0.2) is 72.6 Å². The van der Waals surface area contributed by atoms with Crippen LogP contribution < -0.4 is 5.48 Å². The highest BCUT2D eigenvalue weighted by Gasteiger charge is 2.48. The highest BCUT2D eigenvalue weighted by molar-refractivity contribution is 9.09. The Morgan fingerprint density at radius 1 is 1.24 bits per heavy atom. The Labute approximate surface area is 259 Å². The number of nitrogens with one attached hydrogen (secondary N) is 1. The van der Waals surface area contributed by atoms with E-state index < -0.39 is 24.3 Å². The van der Waals surface area contributed by atoms with Gasteiger partial charge in [0, 0.05) is 51.8 Å². The third-order valence-corrected chi connectivity index (χ3v) is 12.5. The molecule has 0 saturated carbocycles. The maximum absolute atomic E-state index is 14.3. The van der Waals surface area contributed by atoms with Gasteiger partial charge in [-0.25, -0.2) is 18.4 Å². The van der Waals surface area contributed by atoms with E-state index in [-0.39, 0.29) is 39.3 Å². The molecule has 1 aromatic carbocycles. The number of benzene rings is 1. The molecule has 3 unspecified atom stereocenters. The van der Waals surface area contributed by atoms with Gasteiger partial charge in [0.2, 0.25) is 15.3 Å². The molecule has 0 bridgehead atoms. The molecule has 1 aromatic heterocycles. The largest absolute Gasteiger partial charge is 0.365 e. The van der Waals surface area contributed by atoms with E-state index in [4.69, 9.17) is 21.2 Å². The molecule has 3 heterocycles. The average molecular weight is 689 g/mol. The molecule has 13 heteroatoms. The Balaban J connectivity index is 1.59. The molecule has 4 rings (SSSR count). The van der Waals surface area contributed by atoms with Crippen LogP contribution in [0.1, 0.15) is 50.4 Å². The smallest absolute Gasteiger partial charge is 0.246 e. The molecule has 2 aliphatic rings. The van der Waals surface area contributed by atoms with Crippen molar-refractivity contribution < 1.29 is 18.0 Å². The summed E-state index contributed by atoms with van der Waals surface area (Å²) in [5.41, 5.74) is 5.92. The molecule has 9 nitrogen and oxygen atoms in total. The number of hydrogen-bond donors (Lipinski definition) is 1. The molecule has 0 spiro atoms. The summed E-state index contributed by atoms with van der Waals surface area (Å²) < 4.78 is 35.9. The molecule has 0 amide bonds. The molecular formula is C28H43BrClN5O4SSi. The lowest BCUT2D eigenvalue weighted by atomic mass is 9.87. The minimum Gasteiger partial charge on any atom is -0.365 e. The number of sulfonamides is 1. The van der Waals surface area contributed by atoms with Crippen LogP contribution in [0.3, 0.4) is 0 Å². The Kier molecular flexibility index (Phi) is 10.4. The van der Waals surface area contributed by atoms with E-state index in [2.05, 4.69) is 83.6 Å². The third-order valence-electron chi connectivity index (χ3n) is 7.78. The number of alkyl halides is 1. The molecule has 2 aromatic rings. The van der Waals surface area contributed by atoms with Gasteiger partial charge in [-0.3, -0.25) is 9.74 Å². The van der Waals surface area contributed by atoms with Crippen LogP contribution in [-0.2, 0) is 32.6 Å². The van der Waals surface area contributed by atoms with E-state index in [1.807, 2.05) is 12.1 Å². The predicted molar refractivity (Wildman–Crippen MR) is 168 cm³/mol. The van der Waals surface area contributed by atoms with Crippen LogP contribution in [0.15, 0.2) is 35.5 Å². The second-order valence-electron chi connectivity index (χ2n) is 13.3. The first-order chi connectivity index (χ1) is 19.1. The van der Waals surface area contributed by atoms with Gasteiger partial charge < -0.3 is 4.74 Å². The van der Waals surface area contributed by atoms with Crippen molar-refractivity contribution in [1.29, 1.82) is 0 Å². The quantitative estimate of drug-likeness (QED) is 0.114. The van der Waals surface area contributed by atoms with Crippen LogP contribution in [0.4, 0.5) is 0 Å².